The number of nitrogens with one attached hydrogen (secondary N) is 2. The third-order valence-corrected chi connectivity index (χ3v) is 5.82. The zero-order valence-corrected chi connectivity index (χ0v) is 18.6. The Labute approximate surface area is 194 Å². The molecule has 1 unspecified atom stereocenters. The number of benzene rings is 2. The second-order valence-electron chi connectivity index (χ2n) is 7.47. The quantitative estimate of drug-likeness (QED) is 0.558. The molecule has 3 aromatic rings. The highest BCUT2D eigenvalue weighted by molar-refractivity contribution is 7.08. The van der Waals surface area contributed by atoms with Crippen molar-refractivity contribution in [2.24, 2.45) is 0 Å². The second-order valence-corrected chi connectivity index (χ2v) is 8.25. The minimum Gasteiger partial charge on any atom is -0.452 e. The van der Waals surface area contributed by atoms with Gasteiger partial charge in [0, 0.05) is 17.8 Å². The Balaban J connectivity index is 1.48. The van der Waals surface area contributed by atoms with Crippen LogP contribution in [-0.2, 0) is 14.3 Å². The maximum Gasteiger partial charge on any atom is 0.340 e. The highest BCUT2D eigenvalue weighted by Crippen LogP contribution is 2.31. The van der Waals surface area contributed by atoms with E-state index >= 15 is 0 Å². The van der Waals surface area contributed by atoms with Crippen molar-refractivity contribution in [3.8, 4) is 0 Å². The number of nitrogens with zero attached hydrogens (tertiary/aromatic N) is 1. The first-order valence-electron chi connectivity index (χ1n) is 10.2. The number of esters is 1. The molecule has 1 aromatic heterocycles. The molecular weight excluding hydrogens is 442 g/mol. The van der Waals surface area contributed by atoms with E-state index in [-0.39, 0.29) is 29.5 Å². The van der Waals surface area contributed by atoms with Crippen LogP contribution in [0.3, 0.4) is 0 Å². The van der Waals surface area contributed by atoms with Gasteiger partial charge in [0.1, 0.15) is 0 Å². The summed E-state index contributed by atoms with van der Waals surface area (Å²) < 4.78 is 5.30. The average molecular weight is 464 g/mol. The van der Waals surface area contributed by atoms with Crippen LogP contribution in [0.4, 0.5) is 17.1 Å². The minimum absolute atomic E-state index is 0.117. The van der Waals surface area contributed by atoms with Crippen LogP contribution in [0.5, 0.6) is 0 Å². The van der Waals surface area contributed by atoms with Gasteiger partial charge in [-0.2, -0.15) is 11.3 Å². The third kappa shape index (κ3) is 4.93. The zero-order chi connectivity index (χ0) is 23.4. The molecule has 1 aliphatic rings. The first-order chi connectivity index (χ1) is 15.9. The number of ether oxygens (including phenoxy) is 1. The summed E-state index contributed by atoms with van der Waals surface area (Å²) in [5, 5.41) is 8.98. The predicted octanol–water partition coefficient (Wildman–Crippen LogP) is 3.92. The first-order valence-corrected chi connectivity index (χ1v) is 11.2. The lowest BCUT2D eigenvalue weighted by Gasteiger charge is -2.27. The summed E-state index contributed by atoms with van der Waals surface area (Å²) in [5.41, 5.74) is 1.97. The topological polar surface area (TPSA) is 105 Å². The fourth-order valence-corrected chi connectivity index (χ4v) is 4.24. The smallest absolute Gasteiger partial charge is 0.340 e. The molecule has 168 valence electrons. The lowest BCUT2D eigenvalue weighted by atomic mass is 10.1. The normalized spacial score (nSPS) is 15.1. The van der Waals surface area contributed by atoms with E-state index < -0.39 is 24.5 Å². The van der Waals surface area contributed by atoms with Gasteiger partial charge in [-0.05, 0) is 42.6 Å². The molecule has 0 fully saturated rings. The molecule has 9 heteroatoms. The van der Waals surface area contributed by atoms with Crippen molar-refractivity contribution in [3.05, 3.63) is 76.5 Å². The summed E-state index contributed by atoms with van der Waals surface area (Å²) in [4.78, 5) is 51.7. The van der Waals surface area contributed by atoms with Gasteiger partial charge in [0.25, 0.3) is 11.8 Å². The van der Waals surface area contributed by atoms with Gasteiger partial charge < -0.3 is 20.3 Å². The van der Waals surface area contributed by atoms with Crippen LogP contribution < -0.4 is 15.5 Å². The summed E-state index contributed by atoms with van der Waals surface area (Å²) >= 11 is 1.39. The van der Waals surface area contributed by atoms with Crippen LogP contribution in [0.25, 0.3) is 0 Å². The standard InChI is InChI=1S/C24H21N3O5S/c1-15-12-21(28)25-19-8-4-5-9-20(19)27(15)22(29)13-32-24(31)17-6-2-3-7-18(17)26-23(30)16-10-11-33-14-16/h2-11,14-15H,12-13H2,1H3,(H,25,28)(H,26,30). The molecule has 4 rings (SSSR count). The van der Waals surface area contributed by atoms with Crippen molar-refractivity contribution in [2.45, 2.75) is 19.4 Å². The van der Waals surface area contributed by atoms with Crippen LogP contribution in [-0.4, -0.2) is 36.3 Å². The summed E-state index contributed by atoms with van der Waals surface area (Å²) in [7, 11) is 0. The molecule has 33 heavy (non-hydrogen) atoms. The van der Waals surface area contributed by atoms with Crippen molar-refractivity contribution in [2.75, 3.05) is 22.1 Å². The van der Waals surface area contributed by atoms with Gasteiger partial charge in [0.2, 0.25) is 5.91 Å². The van der Waals surface area contributed by atoms with Crippen LogP contribution in [0.2, 0.25) is 0 Å². The van der Waals surface area contributed by atoms with Gasteiger partial charge in [-0.3, -0.25) is 14.4 Å². The van der Waals surface area contributed by atoms with Crippen LogP contribution >= 0.6 is 11.3 Å². The summed E-state index contributed by atoms with van der Waals surface area (Å²) in [6, 6.07) is 14.7. The van der Waals surface area contributed by atoms with E-state index in [2.05, 4.69) is 10.6 Å². The van der Waals surface area contributed by atoms with E-state index in [0.717, 1.165) is 0 Å². The third-order valence-electron chi connectivity index (χ3n) is 5.13. The monoisotopic (exact) mass is 463 g/mol. The number of rotatable bonds is 5. The fraction of sp³-hybridized carbons (Fsp3) is 0.167. The summed E-state index contributed by atoms with van der Waals surface area (Å²) in [6.07, 6.45) is 0.117. The zero-order valence-electron chi connectivity index (χ0n) is 17.7. The van der Waals surface area contributed by atoms with Gasteiger partial charge in [0.05, 0.1) is 28.2 Å². The van der Waals surface area contributed by atoms with Crippen molar-refractivity contribution in [1.82, 2.24) is 0 Å². The maximum atomic E-state index is 13.0. The lowest BCUT2D eigenvalue weighted by molar-refractivity contribution is -0.122. The number of anilines is 3. The number of thiophene rings is 1. The molecule has 0 saturated carbocycles. The van der Waals surface area contributed by atoms with Crippen LogP contribution in [0.15, 0.2) is 65.4 Å². The SMILES string of the molecule is CC1CC(=O)Nc2ccccc2N1C(=O)COC(=O)c1ccccc1NC(=O)c1ccsc1. The van der Waals surface area contributed by atoms with E-state index in [9.17, 15) is 19.2 Å². The molecule has 1 aliphatic heterocycles. The number of amides is 3. The minimum atomic E-state index is -0.741. The van der Waals surface area contributed by atoms with Crippen molar-refractivity contribution in [3.63, 3.8) is 0 Å². The molecule has 2 aromatic carbocycles. The van der Waals surface area contributed by atoms with E-state index in [1.807, 2.05) is 0 Å². The number of carbonyl (C=O) groups is 4. The highest BCUT2D eigenvalue weighted by Gasteiger charge is 2.30. The molecule has 0 saturated heterocycles. The molecule has 1 atom stereocenters. The molecule has 0 aliphatic carbocycles. The number of para-hydroxylation sites is 3. The number of carbonyl (C=O) groups excluding carboxylic acids is 4. The van der Waals surface area contributed by atoms with Crippen molar-refractivity contribution in [1.29, 1.82) is 0 Å². The van der Waals surface area contributed by atoms with Crippen molar-refractivity contribution < 1.29 is 23.9 Å². The Morgan fingerprint density at radius 3 is 2.67 bits per heavy atom. The highest BCUT2D eigenvalue weighted by atomic mass is 32.1. The molecule has 0 bridgehead atoms. The Bertz CT molecular complexity index is 1210. The molecule has 3 amide bonds. The molecular formula is C24H21N3O5S. The molecule has 0 radical (unpaired) electrons. The van der Waals surface area contributed by atoms with Gasteiger partial charge >= 0.3 is 5.97 Å². The Hall–Kier alpha value is -3.98. The lowest BCUT2D eigenvalue weighted by Crippen LogP contribution is -2.41. The number of fused-ring (bicyclic) bond motifs is 1. The predicted molar refractivity (Wildman–Crippen MR) is 126 cm³/mol. The second kappa shape index (κ2) is 9.66. The summed E-state index contributed by atoms with van der Waals surface area (Å²) in [6.45, 7) is 1.25. The molecule has 0 spiro atoms. The first kappa shape index (κ1) is 22.2. The maximum absolute atomic E-state index is 13.0. The molecule has 8 nitrogen and oxygen atoms in total. The van der Waals surface area contributed by atoms with E-state index in [1.165, 1.54) is 22.3 Å². The van der Waals surface area contributed by atoms with Gasteiger partial charge in [-0.15, -0.1) is 0 Å². The van der Waals surface area contributed by atoms with Gasteiger partial charge in [-0.1, -0.05) is 24.3 Å². The number of hydrogen-bond acceptors (Lipinski definition) is 6. The van der Waals surface area contributed by atoms with E-state index in [0.29, 0.717) is 16.9 Å². The Morgan fingerprint density at radius 1 is 1.12 bits per heavy atom. The largest absolute Gasteiger partial charge is 0.452 e. The Kier molecular flexibility index (Phi) is 6.50. The molecule has 2 heterocycles. The Morgan fingerprint density at radius 2 is 1.88 bits per heavy atom. The van der Waals surface area contributed by atoms with Crippen LogP contribution in [0.1, 0.15) is 34.1 Å². The number of hydrogen-bond donors (Lipinski definition) is 2. The average Bonchev–Trinajstić information content (AvgIpc) is 3.30. The van der Waals surface area contributed by atoms with Gasteiger partial charge in [0.15, 0.2) is 6.61 Å². The van der Waals surface area contributed by atoms with E-state index in [1.54, 1.807) is 66.2 Å². The van der Waals surface area contributed by atoms with E-state index in [4.69, 9.17) is 4.74 Å². The molecule has 2 N–H and O–H groups in total. The van der Waals surface area contributed by atoms with Gasteiger partial charge in [-0.25, -0.2) is 4.79 Å². The van der Waals surface area contributed by atoms with Crippen LogP contribution in [0, 0.1) is 0 Å². The fourth-order valence-electron chi connectivity index (χ4n) is 3.60. The summed E-state index contributed by atoms with van der Waals surface area (Å²) in [5.74, 6) is -1.74. The van der Waals surface area contributed by atoms with Crippen molar-refractivity contribution >= 4 is 52.1 Å².